The Bertz CT molecular complexity index is 1000. The Kier molecular flexibility index (Phi) is 6.91. The Morgan fingerprint density at radius 2 is 1.70 bits per heavy atom. The van der Waals surface area contributed by atoms with E-state index in [2.05, 4.69) is 16.3 Å². The van der Waals surface area contributed by atoms with Crippen LogP contribution in [0.2, 0.25) is 0 Å². The van der Waals surface area contributed by atoms with Crippen LogP contribution < -0.4 is 29.3 Å². The van der Waals surface area contributed by atoms with Gasteiger partial charge in [-0.25, -0.2) is 0 Å². The number of nitrogens with zero attached hydrogens (tertiary/aromatic N) is 2. The fourth-order valence-electron chi connectivity index (χ4n) is 4.71. The molecule has 1 saturated heterocycles. The first-order valence-electron chi connectivity index (χ1n) is 11.3. The van der Waals surface area contributed by atoms with Crippen LogP contribution in [0.3, 0.4) is 0 Å². The first kappa shape index (κ1) is 22.8. The number of carbonyl (C=O) groups excluding carboxylic acids is 2. The van der Waals surface area contributed by atoms with Crippen molar-refractivity contribution < 1.29 is 23.8 Å². The molecule has 1 N–H and O–H groups in total. The maximum Gasteiger partial charge on any atom is 0.227 e. The monoisotopic (exact) mass is 453 g/mol. The molecule has 0 spiro atoms. The lowest BCUT2D eigenvalue weighted by molar-refractivity contribution is -0.125. The molecule has 8 nitrogen and oxygen atoms in total. The van der Waals surface area contributed by atoms with E-state index in [9.17, 15) is 9.59 Å². The van der Waals surface area contributed by atoms with Gasteiger partial charge >= 0.3 is 0 Å². The highest BCUT2D eigenvalue weighted by atomic mass is 16.5. The minimum atomic E-state index is -0.176. The van der Waals surface area contributed by atoms with Gasteiger partial charge in [0.05, 0.1) is 32.7 Å². The zero-order valence-corrected chi connectivity index (χ0v) is 19.4. The molecule has 0 bridgehead atoms. The van der Waals surface area contributed by atoms with Crippen molar-refractivity contribution in [1.82, 2.24) is 5.32 Å². The quantitative estimate of drug-likeness (QED) is 0.662. The molecule has 2 aliphatic heterocycles. The predicted octanol–water partition coefficient (Wildman–Crippen LogP) is 3.12. The molecule has 4 rings (SSSR count). The SMILES string of the molecule is COc1cc(CNC(=O)CCC(=O)N2CC3CCCN3c3ccccc32)cc(OC)c1OC. The van der Waals surface area contributed by atoms with Crippen LogP contribution in [0.4, 0.5) is 11.4 Å². The molecule has 2 heterocycles. The molecule has 2 amide bonds. The van der Waals surface area contributed by atoms with Gasteiger partial charge in [0.2, 0.25) is 17.6 Å². The summed E-state index contributed by atoms with van der Waals surface area (Å²) in [5, 5.41) is 2.88. The third-order valence-corrected chi connectivity index (χ3v) is 6.33. The Labute approximate surface area is 194 Å². The molecule has 1 fully saturated rings. The fraction of sp³-hybridized carbons (Fsp3) is 0.440. The van der Waals surface area contributed by atoms with E-state index in [0.717, 1.165) is 36.3 Å². The molecule has 2 aliphatic rings. The van der Waals surface area contributed by atoms with Crippen molar-refractivity contribution in [2.45, 2.75) is 38.3 Å². The van der Waals surface area contributed by atoms with Gasteiger partial charge in [-0.1, -0.05) is 12.1 Å². The fourth-order valence-corrected chi connectivity index (χ4v) is 4.71. The third kappa shape index (κ3) is 4.69. The highest BCUT2D eigenvalue weighted by Gasteiger charge is 2.35. The minimum Gasteiger partial charge on any atom is -0.493 e. The minimum absolute atomic E-state index is 0.0167. The number of carbonyl (C=O) groups is 2. The number of benzene rings is 2. The highest BCUT2D eigenvalue weighted by Crippen LogP contribution is 2.40. The summed E-state index contributed by atoms with van der Waals surface area (Å²) in [4.78, 5) is 29.8. The van der Waals surface area contributed by atoms with Gasteiger partial charge in [-0.3, -0.25) is 9.59 Å². The van der Waals surface area contributed by atoms with Crippen LogP contribution >= 0.6 is 0 Å². The van der Waals surface area contributed by atoms with Crippen molar-refractivity contribution in [3.8, 4) is 17.2 Å². The summed E-state index contributed by atoms with van der Waals surface area (Å²) < 4.78 is 16.0. The number of hydrogen-bond donors (Lipinski definition) is 1. The average Bonchev–Trinajstić information content (AvgIpc) is 3.33. The second-order valence-corrected chi connectivity index (χ2v) is 8.29. The molecule has 1 atom stereocenters. The van der Waals surface area contributed by atoms with Crippen molar-refractivity contribution in [2.24, 2.45) is 0 Å². The van der Waals surface area contributed by atoms with E-state index in [1.165, 1.54) is 0 Å². The number of para-hydroxylation sites is 2. The van der Waals surface area contributed by atoms with Crippen LogP contribution in [0.15, 0.2) is 36.4 Å². The van der Waals surface area contributed by atoms with Gasteiger partial charge in [-0.2, -0.15) is 0 Å². The second kappa shape index (κ2) is 10.0. The zero-order valence-electron chi connectivity index (χ0n) is 19.4. The number of hydrogen-bond acceptors (Lipinski definition) is 6. The van der Waals surface area contributed by atoms with Crippen LogP contribution in [0.25, 0.3) is 0 Å². The van der Waals surface area contributed by atoms with Gasteiger partial charge in [0.15, 0.2) is 11.5 Å². The van der Waals surface area contributed by atoms with Crippen molar-refractivity contribution >= 4 is 23.2 Å². The van der Waals surface area contributed by atoms with E-state index in [0.29, 0.717) is 36.4 Å². The van der Waals surface area contributed by atoms with Crippen LogP contribution in [0.1, 0.15) is 31.2 Å². The predicted molar refractivity (Wildman–Crippen MR) is 126 cm³/mol. The summed E-state index contributed by atoms with van der Waals surface area (Å²) in [5.41, 5.74) is 2.88. The largest absolute Gasteiger partial charge is 0.493 e. The van der Waals surface area contributed by atoms with Crippen molar-refractivity contribution in [1.29, 1.82) is 0 Å². The lowest BCUT2D eigenvalue weighted by atomic mass is 10.1. The molecular formula is C25H31N3O5. The first-order valence-corrected chi connectivity index (χ1v) is 11.3. The molecule has 2 aromatic carbocycles. The Morgan fingerprint density at radius 1 is 1.00 bits per heavy atom. The van der Waals surface area contributed by atoms with E-state index in [-0.39, 0.29) is 24.7 Å². The summed E-state index contributed by atoms with van der Waals surface area (Å²) in [7, 11) is 4.65. The summed E-state index contributed by atoms with van der Waals surface area (Å²) in [6, 6.07) is 12.0. The molecular weight excluding hydrogens is 422 g/mol. The van der Waals surface area contributed by atoms with Gasteiger partial charge in [0, 0.05) is 38.5 Å². The molecule has 0 saturated carbocycles. The topological polar surface area (TPSA) is 80.3 Å². The number of amides is 2. The van der Waals surface area contributed by atoms with E-state index >= 15 is 0 Å². The number of anilines is 2. The molecule has 2 aromatic rings. The molecule has 176 valence electrons. The Balaban J connectivity index is 1.35. The molecule has 33 heavy (non-hydrogen) atoms. The number of ether oxygens (including phenoxy) is 3. The summed E-state index contributed by atoms with van der Waals surface area (Å²) in [6.45, 7) is 2.02. The number of methoxy groups -OCH3 is 3. The maximum absolute atomic E-state index is 13.0. The Morgan fingerprint density at radius 3 is 2.36 bits per heavy atom. The van der Waals surface area contributed by atoms with Crippen molar-refractivity contribution in [3.63, 3.8) is 0 Å². The molecule has 8 heteroatoms. The maximum atomic E-state index is 13.0. The number of fused-ring (bicyclic) bond motifs is 3. The lowest BCUT2D eigenvalue weighted by Gasteiger charge is -2.40. The molecule has 1 unspecified atom stereocenters. The van der Waals surface area contributed by atoms with Gasteiger partial charge in [-0.05, 0) is 42.7 Å². The second-order valence-electron chi connectivity index (χ2n) is 8.29. The standard InChI is InChI=1S/C25H31N3O5/c1-31-21-13-17(14-22(32-2)25(21)33-3)15-26-23(29)10-11-24(30)28-16-18-7-6-12-27(18)19-8-4-5-9-20(19)28/h4-5,8-9,13-14,18H,6-7,10-12,15-16H2,1-3H3,(H,26,29). The summed E-state index contributed by atoms with van der Waals surface area (Å²) in [5.74, 6) is 1.37. The van der Waals surface area contributed by atoms with Crippen LogP contribution in [0.5, 0.6) is 17.2 Å². The van der Waals surface area contributed by atoms with Gasteiger partial charge in [0.1, 0.15) is 0 Å². The first-order chi connectivity index (χ1) is 16.0. The van der Waals surface area contributed by atoms with Crippen molar-refractivity contribution in [3.05, 3.63) is 42.0 Å². The summed E-state index contributed by atoms with van der Waals surface area (Å²) >= 11 is 0. The van der Waals surface area contributed by atoms with Gasteiger partial charge in [-0.15, -0.1) is 0 Å². The number of nitrogens with one attached hydrogen (secondary N) is 1. The van der Waals surface area contributed by atoms with Crippen molar-refractivity contribution in [2.75, 3.05) is 44.2 Å². The van der Waals surface area contributed by atoms with E-state index in [1.807, 2.05) is 23.1 Å². The molecule has 0 aromatic heterocycles. The average molecular weight is 454 g/mol. The van der Waals surface area contributed by atoms with Gasteiger partial charge < -0.3 is 29.3 Å². The van der Waals surface area contributed by atoms with E-state index < -0.39 is 0 Å². The van der Waals surface area contributed by atoms with Crippen LogP contribution in [-0.2, 0) is 16.1 Å². The Hall–Kier alpha value is -3.42. The molecule has 0 aliphatic carbocycles. The number of rotatable bonds is 8. The van der Waals surface area contributed by atoms with E-state index in [1.54, 1.807) is 33.5 Å². The van der Waals surface area contributed by atoms with Crippen LogP contribution in [-0.4, -0.2) is 52.3 Å². The zero-order chi connectivity index (χ0) is 23.4. The van der Waals surface area contributed by atoms with Gasteiger partial charge in [0.25, 0.3) is 0 Å². The van der Waals surface area contributed by atoms with E-state index in [4.69, 9.17) is 14.2 Å². The molecule has 0 radical (unpaired) electrons. The van der Waals surface area contributed by atoms with Crippen LogP contribution in [0, 0.1) is 0 Å². The smallest absolute Gasteiger partial charge is 0.227 e. The third-order valence-electron chi connectivity index (χ3n) is 6.33. The summed E-state index contributed by atoms with van der Waals surface area (Å²) in [6.07, 6.45) is 2.54. The highest BCUT2D eigenvalue weighted by molar-refractivity contribution is 5.99. The normalized spacial score (nSPS) is 16.6. The lowest BCUT2D eigenvalue weighted by Crippen LogP contribution is -2.48.